The molecule has 0 aromatic carbocycles. The van der Waals surface area contributed by atoms with Gasteiger partial charge in [0.15, 0.2) is 0 Å². The van der Waals surface area contributed by atoms with Crippen LogP contribution in [0.2, 0.25) is 0 Å². The molecule has 0 radical (unpaired) electrons. The summed E-state index contributed by atoms with van der Waals surface area (Å²) in [6.45, 7) is 3.72. The van der Waals surface area contributed by atoms with Gasteiger partial charge in [0.05, 0.1) is 13.0 Å². The van der Waals surface area contributed by atoms with Gasteiger partial charge in [-0.05, 0) is 25.7 Å². The van der Waals surface area contributed by atoms with Crippen LogP contribution in [0, 0.1) is 5.92 Å². The lowest BCUT2D eigenvalue weighted by atomic mass is 9.91. The number of aldehydes is 1. The van der Waals surface area contributed by atoms with Crippen LogP contribution in [0.5, 0.6) is 0 Å². The lowest BCUT2D eigenvalue weighted by Gasteiger charge is -2.25. The van der Waals surface area contributed by atoms with Gasteiger partial charge in [-0.15, -0.1) is 0 Å². The summed E-state index contributed by atoms with van der Waals surface area (Å²) in [5.41, 5.74) is 0. The van der Waals surface area contributed by atoms with E-state index < -0.39 is 6.10 Å². The number of rotatable bonds is 36. The van der Waals surface area contributed by atoms with Crippen LogP contribution >= 0.6 is 0 Å². The van der Waals surface area contributed by atoms with E-state index in [4.69, 9.17) is 9.47 Å². The predicted molar refractivity (Wildman–Crippen MR) is 191 cm³/mol. The molecule has 45 heavy (non-hydrogen) atoms. The topological polar surface area (TPSA) is 69.7 Å². The second kappa shape index (κ2) is 35.5. The van der Waals surface area contributed by atoms with Crippen LogP contribution in [0.1, 0.15) is 219 Å². The van der Waals surface area contributed by atoms with E-state index in [1.165, 1.54) is 142 Å². The van der Waals surface area contributed by atoms with Gasteiger partial charge in [-0.1, -0.05) is 180 Å². The Labute approximate surface area is 280 Å². The third-order valence-electron chi connectivity index (χ3n) is 9.45. The van der Waals surface area contributed by atoms with Crippen LogP contribution in [0.15, 0.2) is 0 Å². The van der Waals surface area contributed by atoms with Gasteiger partial charge in [-0.3, -0.25) is 9.59 Å². The van der Waals surface area contributed by atoms with Gasteiger partial charge in [0.2, 0.25) is 0 Å². The SMILES string of the molecule is CCCCCCCCCCCCCCCCCCCCCCCC[C@@H](C(=O)OC)[C@@H](CCCCCCCCCC=O)OC(C)=O. The first-order valence-corrected chi connectivity index (χ1v) is 19.8. The Morgan fingerprint density at radius 3 is 1.18 bits per heavy atom. The van der Waals surface area contributed by atoms with Gasteiger partial charge in [-0.2, -0.15) is 0 Å². The first-order chi connectivity index (χ1) is 22.1. The number of carbonyl (C=O) groups excluding carboxylic acids is 3. The van der Waals surface area contributed by atoms with E-state index in [-0.39, 0.29) is 17.9 Å². The molecule has 5 nitrogen and oxygen atoms in total. The molecule has 0 bridgehead atoms. The van der Waals surface area contributed by atoms with E-state index in [0.717, 1.165) is 70.5 Å². The van der Waals surface area contributed by atoms with Crippen LogP contribution in [-0.2, 0) is 23.9 Å². The van der Waals surface area contributed by atoms with E-state index in [0.29, 0.717) is 12.8 Å². The molecule has 0 aromatic heterocycles. The Kier molecular flexibility index (Phi) is 34.4. The van der Waals surface area contributed by atoms with Crippen LogP contribution in [0.3, 0.4) is 0 Å². The second-order valence-corrected chi connectivity index (χ2v) is 13.7. The van der Waals surface area contributed by atoms with Crippen LogP contribution in [0.4, 0.5) is 0 Å². The summed E-state index contributed by atoms with van der Waals surface area (Å²) in [6, 6.07) is 0. The number of esters is 2. The molecule has 0 saturated carbocycles. The van der Waals surface area contributed by atoms with Gasteiger partial charge in [0.1, 0.15) is 12.4 Å². The van der Waals surface area contributed by atoms with Crippen molar-refractivity contribution in [2.24, 2.45) is 5.92 Å². The predicted octanol–water partition coefficient (Wildman–Crippen LogP) is 12.4. The van der Waals surface area contributed by atoms with Gasteiger partial charge >= 0.3 is 11.9 Å². The minimum atomic E-state index is -0.391. The Bertz CT molecular complexity index is 649. The van der Waals surface area contributed by atoms with Crippen molar-refractivity contribution in [3.63, 3.8) is 0 Å². The molecule has 0 heterocycles. The fourth-order valence-electron chi connectivity index (χ4n) is 6.59. The smallest absolute Gasteiger partial charge is 0.312 e. The van der Waals surface area contributed by atoms with Gasteiger partial charge in [0, 0.05) is 13.3 Å². The first kappa shape index (κ1) is 43.6. The lowest BCUT2D eigenvalue weighted by Crippen LogP contribution is -2.33. The average Bonchev–Trinajstić information content (AvgIpc) is 3.03. The van der Waals surface area contributed by atoms with E-state index in [9.17, 15) is 14.4 Å². The van der Waals surface area contributed by atoms with E-state index >= 15 is 0 Å². The molecule has 0 rings (SSSR count). The van der Waals surface area contributed by atoms with Crippen molar-refractivity contribution in [2.75, 3.05) is 7.11 Å². The fourth-order valence-corrected chi connectivity index (χ4v) is 6.59. The highest BCUT2D eigenvalue weighted by Crippen LogP contribution is 2.24. The molecule has 0 fully saturated rings. The third kappa shape index (κ3) is 31.0. The summed E-state index contributed by atoms with van der Waals surface area (Å²) in [4.78, 5) is 34.8. The zero-order valence-electron chi connectivity index (χ0n) is 30.4. The minimum absolute atomic E-state index is 0.250. The summed E-state index contributed by atoms with van der Waals surface area (Å²) in [5, 5.41) is 0. The summed E-state index contributed by atoms with van der Waals surface area (Å²) < 4.78 is 10.7. The number of hydrogen-bond donors (Lipinski definition) is 0. The third-order valence-corrected chi connectivity index (χ3v) is 9.45. The molecule has 5 heteroatoms. The molecule has 0 aromatic rings. The highest BCUT2D eigenvalue weighted by atomic mass is 16.6. The van der Waals surface area contributed by atoms with Gasteiger partial charge in [-0.25, -0.2) is 0 Å². The maximum absolute atomic E-state index is 12.6. The fraction of sp³-hybridized carbons (Fsp3) is 0.925. The van der Waals surface area contributed by atoms with Crippen molar-refractivity contribution >= 4 is 18.2 Å². The molecule has 0 saturated heterocycles. The molecule has 266 valence electrons. The molecule has 0 N–H and O–H groups in total. The molecule has 0 aliphatic carbocycles. The zero-order valence-corrected chi connectivity index (χ0v) is 30.4. The number of methoxy groups -OCH3 is 1. The minimum Gasteiger partial charge on any atom is -0.469 e. The van der Waals surface area contributed by atoms with Crippen molar-refractivity contribution in [1.82, 2.24) is 0 Å². The highest BCUT2D eigenvalue weighted by Gasteiger charge is 2.31. The number of ether oxygens (including phenoxy) is 2. The van der Waals surface area contributed by atoms with Gasteiger partial charge in [0.25, 0.3) is 0 Å². The monoisotopic (exact) mass is 637 g/mol. The molecule has 0 spiro atoms. The summed E-state index contributed by atoms with van der Waals surface area (Å²) in [6.07, 6.45) is 40.2. The van der Waals surface area contributed by atoms with Crippen molar-refractivity contribution < 1.29 is 23.9 Å². The van der Waals surface area contributed by atoms with Crippen LogP contribution < -0.4 is 0 Å². The highest BCUT2D eigenvalue weighted by molar-refractivity contribution is 5.74. The quantitative estimate of drug-likeness (QED) is 0.0389. The van der Waals surface area contributed by atoms with Crippen molar-refractivity contribution in [1.29, 1.82) is 0 Å². The van der Waals surface area contributed by atoms with Crippen molar-refractivity contribution in [3.05, 3.63) is 0 Å². The summed E-state index contributed by atoms with van der Waals surface area (Å²) in [7, 11) is 1.43. The number of hydrogen-bond acceptors (Lipinski definition) is 5. The van der Waals surface area contributed by atoms with E-state index in [2.05, 4.69) is 6.92 Å². The standard InChI is InChI=1S/C40H76O5/c1-4-5-6-7-8-9-10-11-12-13-14-15-16-17-18-19-20-21-22-25-28-31-34-38(40(43)44-3)39(45-37(2)42)35-32-29-26-23-24-27-30-33-36-41/h36,38-39H,4-35H2,1-3H3/t38-,39-/m1/s1. The average molecular weight is 637 g/mol. The van der Waals surface area contributed by atoms with Crippen molar-refractivity contribution in [2.45, 2.75) is 225 Å². The lowest BCUT2D eigenvalue weighted by molar-refractivity contribution is -0.160. The first-order valence-electron chi connectivity index (χ1n) is 19.8. The normalized spacial score (nSPS) is 12.6. The summed E-state index contributed by atoms with van der Waals surface area (Å²) in [5.74, 6) is -0.939. The van der Waals surface area contributed by atoms with Gasteiger partial charge < -0.3 is 14.3 Å². The maximum Gasteiger partial charge on any atom is 0.312 e. The Morgan fingerprint density at radius 1 is 0.511 bits per heavy atom. The Balaban J connectivity index is 3.83. The van der Waals surface area contributed by atoms with Crippen molar-refractivity contribution in [3.8, 4) is 0 Å². The van der Waals surface area contributed by atoms with Crippen LogP contribution in [0.25, 0.3) is 0 Å². The number of unbranched alkanes of at least 4 members (excludes halogenated alkanes) is 28. The molecule has 0 amide bonds. The molecule has 0 unspecified atom stereocenters. The molecule has 2 atom stereocenters. The maximum atomic E-state index is 12.6. The number of carbonyl (C=O) groups is 3. The molecule has 0 aliphatic heterocycles. The Hall–Kier alpha value is -1.39. The van der Waals surface area contributed by atoms with E-state index in [1.54, 1.807) is 0 Å². The zero-order chi connectivity index (χ0) is 33.1. The van der Waals surface area contributed by atoms with Crippen LogP contribution in [-0.4, -0.2) is 31.4 Å². The second-order valence-electron chi connectivity index (χ2n) is 13.7. The molecular formula is C40H76O5. The summed E-state index contributed by atoms with van der Waals surface area (Å²) >= 11 is 0. The largest absolute Gasteiger partial charge is 0.469 e. The molecule has 0 aliphatic rings. The molecular weight excluding hydrogens is 560 g/mol. The van der Waals surface area contributed by atoms with E-state index in [1.807, 2.05) is 0 Å². The Morgan fingerprint density at radius 2 is 0.844 bits per heavy atom.